The molecule has 5 rings (SSSR count). The zero-order valence-electron chi connectivity index (χ0n) is 17.6. The third kappa shape index (κ3) is 3.44. The average molecular weight is 556 g/mol. The van der Waals surface area contributed by atoms with Gasteiger partial charge in [0, 0.05) is 5.69 Å². The number of hydrogen-bond donors (Lipinski definition) is 0. The van der Waals surface area contributed by atoms with Crippen LogP contribution in [0.5, 0.6) is 0 Å². The summed E-state index contributed by atoms with van der Waals surface area (Å²) >= 11 is 24.6. The van der Waals surface area contributed by atoms with Crippen molar-refractivity contribution in [2.75, 3.05) is 4.90 Å². The Balaban J connectivity index is 1.65. The van der Waals surface area contributed by atoms with Crippen molar-refractivity contribution in [1.29, 1.82) is 0 Å². The SMILES string of the molecule is Cc1ccc(N2C(=O)[C@@H](N3C(=O)c4c(Cl)c(Cl)c(Cl)c(Cl)c4C3=O)[C@H]2c2cccc(F)c2)cc1F. The van der Waals surface area contributed by atoms with Gasteiger partial charge in [0.1, 0.15) is 17.7 Å². The van der Waals surface area contributed by atoms with E-state index in [9.17, 15) is 23.2 Å². The van der Waals surface area contributed by atoms with Gasteiger partial charge in [-0.15, -0.1) is 0 Å². The number of fused-ring (bicyclic) bond motifs is 1. The van der Waals surface area contributed by atoms with Gasteiger partial charge in [0.25, 0.3) is 17.7 Å². The second-order valence-electron chi connectivity index (χ2n) is 8.07. The Labute approximate surface area is 217 Å². The van der Waals surface area contributed by atoms with Gasteiger partial charge in [-0.1, -0.05) is 64.6 Å². The molecule has 178 valence electrons. The number of halogens is 6. The highest BCUT2D eigenvalue weighted by atomic mass is 35.5. The predicted octanol–water partition coefficient (Wildman–Crippen LogP) is 6.64. The van der Waals surface area contributed by atoms with Crippen molar-refractivity contribution < 1.29 is 23.2 Å². The van der Waals surface area contributed by atoms with E-state index in [2.05, 4.69) is 0 Å². The minimum atomic E-state index is -1.38. The van der Waals surface area contributed by atoms with Crippen LogP contribution in [0.15, 0.2) is 42.5 Å². The smallest absolute Gasteiger partial charge is 0.264 e. The van der Waals surface area contributed by atoms with Gasteiger partial charge in [0.15, 0.2) is 0 Å². The summed E-state index contributed by atoms with van der Waals surface area (Å²) in [5.74, 6) is -3.63. The highest BCUT2D eigenvalue weighted by molar-refractivity contribution is 6.55. The van der Waals surface area contributed by atoms with Gasteiger partial charge in [0.2, 0.25) is 0 Å². The quantitative estimate of drug-likeness (QED) is 0.157. The second-order valence-corrected chi connectivity index (χ2v) is 9.58. The first-order chi connectivity index (χ1) is 16.5. The Morgan fingerprint density at radius 3 is 1.89 bits per heavy atom. The first kappa shape index (κ1) is 24.0. The summed E-state index contributed by atoms with van der Waals surface area (Å²) in [4.78, 5) is 42.1. The van der Waals surface area contributed by atoms with E-state index in [4.69, 9.17) is 46.4 Å². The van der Waals surface area contributed by atoms with Crippen molar-refractivity contribution in [2.45, 2.75) is 19.0 Å². The van der Waals surface area contributed by atoms with E-state index in [0.29, 0.717) is 16.0 Å². The lowest BCUT2D eigenvalue weighted by molar-refractivity contribution is -0.130. The molecule has 0 unspecified atom stereocenters. The van der Waals surface area contributed by atoms with Crippen LogP contribution >= 0.6 is 46.4 Å². The fourth-order valence-corrected chi connectivity index (χ4v) is 5.40. The molecule has 2 aliphatic rings. The second kappa shape index (κ2) is 8.45. The zero-order chi connectivity index (χ0) is 25.3. The highest BCUT2D eigenvalue weighted by Crippen LogP contribution is 2.49. The van der Waals surface area contributed by atoms with Gasteiger partial charge in [0.05, 0.1) is 37.3 Å². The molecule has 5 nitrogen and oxygen atoms in total. The Bertz CT molecular complexity index is 1430. The molecule has 0 N–H and O–H groups in total. The van der Waals surface area contributed by atoms with E-state index in [1.54, 1.807) is 6.92 Å². The molecule has 1 saturated heterocycles. The van der Waals surface area contributed by atoms with E-state index in [-0.39, 0.29) is 36.9 Å². The summed E-state index contributed by atoms with van der Waals surface area (Å²) in [6.45, 7) is 1.56. The maximum atomic E-state index is 14.3. The number of carbonyl (C=O) groups excluding carboxylic acids is 3. The van der Waals surface area contributed by atoms with Crippen molar-refractivity contribution in [3.63, 3.8) is 0 Å². The Morgan fingerprint density at radius 1 is 0.743 bits per heavy atom. The molecule has 0 saturated carbocycles. The van der Waals surface area contributed by atoms with Crippen molar-refractivity contribution in [1.82, 2.24) is 4.90 Å². The molecule has 0 spiro atoms. The molecule has 0 aromatic heterocycles. The highest BCUT2D eigenvalue weighted by Gasteiger charge is 2.58. The molecule has 3 aromatic rings. The minimum absolute atomic E-state index is 0.183. The Kier molecular flexibility index (Phi) is 5.79. The molecule has 3 aromatic carbocycles. The Hall–Kier alpha value is -2.71. The molecule has 11 heteroatoms. The van der Waals surface area contributed by atoms with Crippen LogP contribution in [0.25, 0.3) is 0 Å². The van der Waals surface area contributed by atoms with Gasteiger partial charge in [-0.05, 0) is 42.3 Å². The van der Waals surface area contributed by atoms with Gasteiger partial charge in [-0.3, -0.25) is 19.3 Å². The first-order valence-electron chi connectivity index (χ1n) is 10.1. The summed E-state index contributed by atoms with van der Waals surface area (Å²) in [6, 6.07) is 7.13. The zero-order valence-corrected chi connectivity index (χ0v) is 20.6. The fraction of sp³-hybridized carbons (Fsp3) is 0.125. The van der Waals surface area contributed by atoms with Crippen LogP contribution in [0, 0.1) is 18.6 Å². The maximum Gasteiger partial charge on any atom is 0.264 e. The average Bonchev–Trinajstić information content (AvgIpc) is 3.07. The molecule has 2 atom stereocenters. The van der Waals surface area contributed by atoms with E-state index < -0.39 is 41.4 Å². The molecule has 0 radical (unpaired) electrons. The molecule has 35 heavy (non-hydrogen) atoms. The number of imide groups is 1. The first-order valence-corrected chi connectivity index (χ1v) is 11.6. The fourth-order valence-electron chi connectivity index (χ4n) is 4.39. The summed E-state index contributed by atoms with van der Waals surface area (Å²) in [7, 11) is 0. The third-order valence-corrected chi connectivity index (χ3v) is 7.90. The van der Waals surface area contributed by atoms with Crippen molar-refractivity contribution in [3.05, 3.63) is 96.4 Å². The monoisotopic (exact) mass is 554 g/mol. The maximum absolute atomic E-state index is 14.3. The van der Waals surface area contributed by atoms with Crippen molar-refractivity contribution in [2.24, 2.45) is 0 Å². The molecular formula is C24H12Cl4F2N2O3. The van der Waals surface area contributed by atoms with Crippen molar-refractivity contribution >= 4 is 69.8 Å². The summed E-state index contributed by atoms with van der Waals surface area (Å²) < 4.78 is 28.4. The van der Waals surface area contributed by atoms with Gasteiger partial charge in [-0.2, -0.15) is 0 Å². The van der Waals surface area contributed by atoms with E-state index in [1.807, 2.05) is 0 Å². The van der Waals surface area contributed by atoms with Crippen LogP contribution in [-0.4, -0.2) is 28.7 Å². The van der Waals surface area contributed by atoms with Gasteiger partial charge >= 0.3 is 0 Å². The summed E-state index contributed by atoms with van der Waals surface area (Å²) in [5, 5.41) is -0.969. The van der Waals surface area contributed by atoms with Crippen LogP contribution in [0.4, 0.5) is 14.5 Å². The number of benzene rings is 3. The number of nitrogens with zero attached hydrogens (tertiary/aromatic N) is 2. The molecule has 1 fully saturated rings. The normalized spacial score (nSPS) is 19.3. The lowest BCUT2D eigenvalue weighted by Gasteiger charge is -2.49. The number of carbonyl (C=O) groups is 3. The van der Waals surface area contributed by atoms with E-state index in [1.165, 1.54) is 41.3 Å². The standard InChI is InChI=1S/C24H12Cl4F2N2O3/c1-9-5-6-12(8-13(9)30)31-20(10-3-2-4-11(29)7-10)21(24(31)35)32-22(33)14-15(23(32)34)17(26)19(28)18(27)16(14)25/h2-8,20-21H,1H3/t20-,21+/m1/s1. The lowest BCUT2D eigenvalue weighted by Crippen LogP contribution is -2.67. The minimum Gasteiger partial charge on any atom is -0.300 e. The number of anilines is 1. The number of amides is 3. The summed E-state index contributed by atoms with van der Waals surface area (Å²) in [5.41, 5.74) is 0.283. The number of rotatable bonds is 3. The lowest BCUT2D eigenvalue weighted by atomic mass is 9.86. The molecule has 0 aliphatic carbocycles. The molecule has 0 bridgehead atoms. The number of hydrogen-bond acceptors (Lipinski definition) is 3. The van der Waals surface area contributed by atoms with Crippen molar-refractivity contribution in [3.8, 4) is 0 Å². The largest absolute Gasteiger partial charge is 0.300 e. The number of β-lactam (4-membered cyclic amide) rings is 1. The van der Waals surface area contributed by atoms with Crippen LogP contribution in [0.3, 0.4) is 0 Å². The molecule has 3 amide bonds. The number of aryl methyl sites for hydroxylation is 1. The topological polar surface area (TPSA) is 57.7 Å². The predicted molar refractivity (Wildman–Crippen MR) is 129 cm³/mol. The Morgan fingerprint density at radius 2 is 1.34 bits per heavy atom. The third-order valence-electron chi connectivity index (χ3n) is 6.10. The van der Waals surface area contributed by atoms with Gasteiger partial charge < -0.3 is 4.90 Å². The molecule has 2 aliphatic heterocycles. The summed E-state index contributed by atoms with van der Waals surface area (Å²) in [6.07, 6.45) is 0. The van der Waals surface area contributed by atoms with Gasteiger partial charge in [-0.25, -0.2) is 8.78 Å². The van der Waals surface area contributed by atoms with E-state index >= 15 is 0 Å². The van der Waals surface area contributed by atoms with Crippen LogP contribution < -0.4 is 4.90 Å². The molecule has 2 heterocycles. The van der Waals surface area contributed by atoms with Crippen LogP contribution in [-0.2, 0) is 4.79 Å². The van der Waals surface area contributed by atoms with Crippen LogP contribution in [0.2, 0.25) is 20.1 Å². The molecular weight excluding hydrogens is 544 g/mol. The van der Waals surface area contributed by atoms with Crippen LogP contribution in [0.1, 0.15) is 37.9 Å². The van der Waals surface area contributed by atoms with E-state index in [0.717, 1.165) is 6.07 Å².